The van der Waals surface area contributed by atoms with E-state index >= 15 is 0 Å². The molecule has 0 radical (unpaired) electrons. The third kappa shape index (κ3) is 6.14. The fourth-order valence-corrected chi connectivity index (χ4v) is 5.04. The minimum Gasteiger partial charge on any atom is -0.463 e. The molecule has 182 valence electrons. The minimum absolute atomic E-state index is 0.208. The average molecular weight is 491 g/mol. The van der Waals surface area contributed by atoms with E-state index in [1.807, 2.05) is 30.3 Å². The lowest BCUT2D eigenvalue weighted by atomic mass is 9.80. The molecule has 2 atom stereocenters. The predicted octanol–water partition coefficient (Wildman–Crippen LogP) is 5.54. The molecule has 35 heavy (non-hydrogen) atoms. The number of nitrogens with zero attached hydrogens (tertiary/aromatic N) is 1. The van der Waals surface area contributed by atoms with Crippen molar-refractivity contribution in [2.24, 2.45) is 0 Å². The van der Waals surface area contributed by atoms with Crippen molar-refractivity contribution in [1.82, 2.24) is 5.32 Å². The molecule has 1 N–H and O–H groups in total. The number of hydrogen-bond donors (Lipinski definition) is 1. The average Bonchev–Trinajstić information content (AvgIpc) is 2.83. The van der Waals surface area contributed by atoms with Gasteiger partial charge < -0.3 is 14.8 Å². The van der Waals surface area contributed by atoms with Crippen LogP contribution in [0.1, 0.15) is 50.3 Å². The molecular weight excluding hydrogens is 460 g/mol. The molecule has 0 aromatic heterocycles. The summed E-state index contributed by atoms with van der Waals surface area (Å²) < 4.78 is 10.8. The summed E-state index contributed by atoms with van der Waals surface area (Å²) >= 11 is 1.64. The topological polar surface area (TPSA) is 88.4 Å². The number of nitriles is 1. The number of thioether (sulfide) groups is 1. The molecule has 2 aromatic carbocycles. The van der Waals surface area contributed by atoms with Crippen molar-refractivity contribution in [3.8, 4) is 6.07 Å². The molecular formula is C28H30N2O4S. The molecule has 1 aliphatic rings. The maximum atomic E-state index is 13.3. The first kappa shape index (κ1) is 26.1. The smallest absolute Gasteiger partial charge is 0.338 e. The van der Waals surface area contributed by atoms with Gasteiger partial charge in [0.05, 0.1) is 23.7 Å². The second kappa shape index (κ2) is 11.8. The summed E-state index contributed by atoms with van der Waals surface area (Å²) in [5.41, 5.74) is 5.03. The lowest BCUT2D eigenvalue weighted by Crippen LogP contribution is -2.33. The first-order valence-electron chi connectivity index (χ1n) is 11.5. The van der Waals surface area contributed by atoms with Gasteiger partial charge in [0.2, 0.25) is 0 Å². The molecule has 7 heteroatoms. The highest BCUT2D eigenvalue weighted by atomic mass is 32.2. The summed E-state index contributed by atoms with van der Waals surface area (Å²) in [5.74, 6) is -1.10. The molecule has 0 saturated carbocycles. The second-order valence-electron chi connectivity index (χ2n) is 8.34. The number of benzene rings is 2. The number of aryl methyl sites for hydroxylation is 1. The van der Waals surface area contributed by atoms with Gasteiger partial charge in [-0.1, -0.05) is 48.0 Å². The monoisotopic (exact) mass is 490 g/mol. The van der Waals surface area contributed by atoms with Crippen molar-refractivity contribution in [3.05, 3.63) is 87.8 Å². The van der Waals surface area contributed by atoms with E-state index in [-0.39, 0.29) is 6.61 Å². The van der Waals surface area contributed by atoms with Gasteiger partial charge in [0.25, 0.3) is 0 Å². The van der Waals surface area contributed by atoms with E-state index in [0.29, 0.717) is 22.5 Å². The van der Waals surface area contributed by atoms with Gasteiger partial charge in [-0.25, -0.2) is 9.59 Å². The van der Waals surface area contributed by atoms with Gasteiger partial charge in [-0.05, 0) is 51.8 Å². The number of esters is 2. The third-order valence-corrected chi connectivity index (χ3v) is 6.85. The van der Waals surface area contributed by atoms with E-state index in [2.05, 4.69) is 36.5 Å². The lowest BCUT2D eigenvalue weighted by Gasteiger charge is -2.31. The number of allylic oxidation sites excluding steroid dienone is 2. The summed E-state index contributed by atoms with van der Waals surface area (Å²) in [6, 6.07) is 18.0. The Labute approximate surface area is 211 Å². The van der Waals surface area contributed by atoms with E-state index in [0.717, 1.165) is 16.2 Å². The first-order chi connectivity index (χ1) is 16.8. The molecule has 0 amide bonds. The number of nitrogens with one attached hydrogen (secondary N) is 1. The highest BCUT2D eigenvalue weighted by Crippen LogP contribution is 2.43. The molecule has 2 aromatic rings. The van der Waals surface area contributed by atoms with Gasteiger partial charge in [0.1, 0.15) is 6.07 Å². The number of ether oxygens (including phenoxy) is 2. The van der Waals surface area contributed by atoms with Crippen molar-refractivity contribution >= 4 is 23.7 Å². The Hall–Kier alpha value is -3.50. The zero-order valence-electron chi connectivity index (χ0n) is 20.7. The maximum absolute atomic E-state index is 13.3. The van der Waals surface area contributed by atoms with E-state index in [1.165, 1.54) is 18.1 Å². The highest BCUT2D eigenvalue weighted by molar-refractivity contribution is 7.98. The van der Waals surface area contributed by atoms with Crippen LogP contribution in [0.25, 0.3) is 0 Å². The lowest BCUT2D eigenvalue weighted by molar-refractivity contribution is -0.141. The Balaban J connectivity index is 2.09. The third-order valence-electron chi connectivity index (χ3n) is 5.69. The van der Waals surface area contributed by atoms with E-state index in [9.17, 15) is 14.9 Å². The predicted molar refractivity (Wildman–Crippen MR) is 136 cm³/mol. The van der Waals surface area contributed by atoms with E-state index < -0.39 is 24.0 Å². The van der Waals surface area contributed by atoms with Crippen molar-refractivity contribution in [3.63, 3.8) is 0 Å². The molecule has 1 aliphatic heterocycles. The summed E-state index contributed by atoms with van der Waals surface area (Å²) in [7, 11) is 0. The number of dihydropyridines is 1. The van der Waals surface area contributed by atoms with Crippen LogP contribution in [0.15, 0.2) is 76.0 Å². The Kier molecular flexibility index (Phi) is 8.78. The van der Waals surface area contributed by atoms with Crippen LogP contribution in [-0.4, -0.2) is 24.6 Å². The number of hydrogen-bond acceptors (Lipinski definition) is 7. The van der Waals surface area contributed by atoms with Crippen molar-refractivity contribution in [1.29, 1.82) is 5.26 Å². The summed E-state index contributed by atoms with van der Waals surface area (Å²) in [6.07, 6.45) is -0.923. The second-order valence-corrected chi connectivity index (χ2v) is 9.36. The van der Waals surface area contributed by atoms with Gasteiger partial charge >= 0.3 is 11.9 Å². The molecule has 3 rings (SSSR count). The number of carbonyl (C=O) groups is 2. The summed E-state index contributed by atoms with van der Waals surface area (Å²) in [4.78, 5) is 27.3. The van der Waals surface area contributed by atoms with Crippen LogP contribution < -0.4 is 5.32 Å². The molecule has 0 spiro atoms. The summed E-state index contributed by atoms with van der Waals surface area (Å²) in [6.45, 7) is 9.09. The molecule has 0 fully saturated rings. The SMILES string of the molecule is CCOC(=O)C1=C(C)NC(C)=C(C(=O)OC(C)C#N)C1c1ccccc1SCc1ccc(C)cc1. The van der Waals surface area contributed by atoms with Crippen molar-refractivity contribution in [2.75, 3.05) is 6.61 Å². The van der Waals surface area contributed by atoms with Gasteiger partial charge in [-0.3, -0.25) is 0 Å². The molecule has 2 unspecified atom stereocenters. The maximum Gasteiger partial charge on any atom is 0.338 e. The number of carbonyl (C=O) groups excluding carboxylic acids is 2. The van der Waals surface area contributed by atoms with Crippen LogP contribution in [0, 0.1) is 18.3 Å². The standard InChI is InChI=1S/C28H30N2O4S/c1-6-33-27(31)24-19(4)30-20(5)25(28(32)34-18(3)15-29)26(24)22-9-7-8-10-23(22)35-16-21-13-11-17(2)12-14-21/h7-14,18,26,30H,6,16H2,1-5H3. The Bertz CT molecular complexity index is 1210. The van der Waals surface area contributed by atoms with Crippen molar-refractivity contribution in [2.45, 2.75) is 57.3 Å². The fraction of sp³-hybridized carbons (Fsp3) is 0.321. The quantitative estimate of drug-likeness (QED) is 0.384. The van der Waals surface area contributed by atoms with Crippen LogP contribution in [0.2, 0.25) is 0 Å². The molecule has 0 aliphatic carbocycles. The van der Waals surface area contributed by atoms with Crippen LogP contribution in [0.4, 0.5) is 0 Å². The zero-order valence-corrected chi connectivity index (χ0v) is 21.5. The summed E-state index contributed by atoms with van der Waals surface area (Å²) in [5, 5.41) is 12.3. The highest BCUT2D eigenvalue weighted by Gasteiger charge is 2.39. The Morgan fingerprint density at radius 1 is 1.03 bits per heavy atom. The Morgan fingerprint density at radius 2 is 1.66 bits per heavy atom. The Morgan fingerprint density at radius 3 is 2.29 bits per heavy atom. The minimum atomic E-state index is -0.923. The largest absolute Gasteiger partial charge is 0.463 e. The molecule has 0 bridgehead atoms. The molecule has 0 saturated heterocycles. The van der Waals surface area contributed by atoms with Gasteiger partial charge in [0.15, 0.2) is 6.10 Å². The van der Waals surface area contributed by atoms with Crippen molar-refractivity contribution < 1.29 is 19.1 Å². The van der Waals surface area contributed by atoms with Crippen LogP contribution in [-0.2, 0) is 24.8 Å². The van der Waals surface area contributed by atoms with Crippen LogP contribution in [0.3, 0.4) is 0 Å². The molecule has 1 heterocycles. The number of rotatable bonds is 8. The molecule has 6 nitrogen and oxygen atoms in total. The van der Waals surface area contributed by atoms with Gasteiger partial charge in [-0.2, -0.15) is 5.26 Å². The van der Waals surface area contributed by atoms with Gasteiger partial charge in [0, 0.05) is 22.0 Å². The van der Waals surface area contributed by atoms with Crippen LogP contribution in [0.5, 0.6) is 0 Å². The first-order valence-corrected chi connectivity index (χ1v) is 12.5. The van der Waals surface area contributed by atoms with E-state index in [1.54, 1.807) is 32.5 Å². The van der Waals surface area contributed by atoms with E-state index in [4.69, 9.17) is 9.47 Å². The van der Waals surface area contributed by atoms with Gasteiger partial charge in [-0.15, -0.1) is 11.8 Å². The van der Waals surface area contributed by atoms with Crippen LogP contribution >= 0.6 is 11.8 Å². The zero-order chi connectivity index (χ0) is 25.5. The normalized spacial score (nSPS) is 16.3. The fourth-order valence-electron chi connectivity index (χ4n) is 4.00.